The molecule has 86 valence electrons. The Labute approximate surface area is 107 Å². The third-order valence-corrected chi connectivity index (χ3v) is 8.56. The maximum atomic E-state index is 11.6. The molecule has 0 amide bonds. The lowest BCUT2D eigenvalue weighted by Gasteiger charge is -2.49. The van der Waals surface area contributed by atoms with E-state index in [4.69, 9.17) is 0 Å². The molecule has 2 rings (SSSR count). The Kier molecular flexibility index (Phi) is 2.56. The van der Waals surface area contributed by atoms with Crippen molar-refractivity contribution in [2.45, 2.75) is 37.4 Å². The Morgan fingerprint density at radius 3 is 2.53 bits per heavy atom. The summed E-state index contributed by atoms with van der Waals surface area (Å²) in [6, 6.07) is 0. The Morgan fingerprint density at radius 1 is 1.53 bits per heavy atom. The summed E-state index contributed by atoms with van der Waals surface area (Å²) in [4.78, 5) is 11.6. The molecule has 2 fully saturated rings. The first-order chi connectivity index (χ1) is 6.82. The molecule has 3 atom stereocenters. The van der Waals surface area contributed by atoms with Gasteiger partial charge in [-0.05, 0) is 30.6 Å². The van der Waals surface area contributed by atoms with E-state index in [1.807, 2.05) is 0 Å². The van der Waals surface area contributed by atoms with Gasteiger partial charge in [-0.2, -0.15) is 0 Å². The van der Waals surface area contributed by atoms with Crippen LogP contribution in [-0.4, -0.2) is 20.7 Å². The molecule has 2 nitrogen and oxygen atoms in total. The van der Waals surface area contributed by atoms with Gasteiger partial charge in [-0.25, -0.2) is 0 Å². The first kappa shape index (κ1) is 11.9. The lowest BCUT2D eigenvalue weighted by Crippen LogP contribution is -2.55. The first-order valence-electron chi connectivity index (χ1n) is 5.30. The van der Waals surface area contributed by atoms with Crippen molar-refractivity contribution < 1.29 is 9.90 Å². The van der Waals surface area contributed by atoms with Crippen LogP contribution in [0.5, 0.6) is 0 Å². The number of carboxylic acid groups (broad SMARTS) is 1. The number of aliphatic carboxylic acids is 1. The van der Waals surface area contributed by atoms with Gasteiger partial charge in [0.15, 0.2) is 0 Å². The molecule has 2 aliphatic carbocycles. The van der Waals surface area contributed by atoms with Crippen LogP contribution in [0.4, 0.5) is 0 Å². The quantitative estimate of drug-likeness (QED) is 0.782. The van der Waals surface area contributed by atoms with E-state index >= 15 is 0 Å². The number of rotatable bonds is 2. The number of hydrogen-bond donors (Lipinski definition) is 1. The summed E-state index contributed by atoms with van der Waals surface area (Å²) >= 11 is 7.26. The molecular weight excluding hydrogens is 324 g/mol. The second kappa shape index (κ2) is 3.22. The number of alkyl halides is 2. The van der Waals surface area contributed by atoms with Crippen molar-refractivity contribution >= 4 is 37.8 Å². The lowest BCUT2D eigenvalue weighted by molar-refractivity contribution is -0.150. The van der Waals surface area contributed by atoms with Crippen LogP contribution >= 0.6 is 31.9 Å². The molecule has 0 aliphatic heterocycles. The molecule has 0 spiro atoms. The highest BCUT2D eigenvalue weighted by atomic mass is 79.9. The van der Waals surface area contributed by atoms with Crippen LogP contribution < -0.4 is 0 Å². The first-order valence-corrected chi connectivity index (χ1v) is 7.21. The molecule has 1 N–H and O–H groups in total. The van der Waals surface area contributed by atoms with Crippen molar-refractivity contribution in [1.29, 1.82) is 0 Å². The zero-order chi connectivity index (χ0) is 11.5. The van der Waals surface area contributed by atoms with Crippen LogP contribution in [0.1, 0.15) is 33.1 Å². The van der Waals surface area contributed by atoms with Crippen molar-refractivity contribution in [3.63, 3.8) is 0 Å². The van der Waals surface area contributed by atoms with Crippen LogP contribution in [0.2, 0.25) is 0 Å². The smallest absolute Gasteiger partial charge is 0.311 e. The lowest BCUT2D eigenvalue weighted by atomic mass is 9.64. The SMILES string of the molecule is CC1(C)[C@@H]2CC[C@@](C(=O)O)(C2)[C@@]1(Br)CBr. The Bertz CT molecular complexity index is 316. The minimum absolute atomic E-state index is 0.0488. The molecule has 0 radical (unpaired) electrons. The molecule has 0 aromatic rings. The number of halogens is 2. The summed E-state index contributed by atoms with van der Waals surface area (Å²) in [5.41, 5.74) is -0.516. The summed E-state index contributed by atoms with van der Waals surface area (Å²) in [5, 5.41) is 10.2. The van der Waals surface area contributed by atoms with Gasteiger partial charge in [0.05, 0.1) is 9.74 Å². The van der Waals surface area contributed by atoms with Gasteiger partial charge in [-0.15, -0.1) is 0 Å². The molecule has 15 heavy (non-hydrogen) atoms. The standard InChI is InChI=1S/C11H16Br2O2/c1-9(2)7-3-4-10(5-7,8(14)15)11(9,13)6-12/h7H,3-6H2,1-2H3,(H,14,15)/t7-,10+,11-/m1/s1. The monoisotopic (exact) mass is 338 g/mol. The predicted octanol–water partition coefficient (Wildman–Crippen LogP) is 3.43. The molecule has 0 aromatic carbocycles. The molecule has 4 heteroatoms. The maximum absolute atomic E-state index is 11.6. The molecule has 0 heterocycles. The highest BCUT2D eigenvalue weighted by Crippen LogP contribution is 2.71. The average Bonchev–Trinajstić information content (AvgIpc) is 2.67. The molecule has 2 saturated carbocycles. The van der Waals surface area contributed by atoms with E-state index in [1.54, 1.807) is 0 Å². The zero-order valence-corrected chi connectivity index (χ0v) is 12.2. The van der Waals surface area contributed by atoms with Crippen molar-refractivity contribution in [2.75, 3.05) is 5.33 Å². The van der Waals surface area contributed by atoms with Crippen LogP contribution in [0, 0.1) is 16.7 Å². The second-order valence-corrected chi connectivity index (χ2v) is 7.40. The van der Waals surface area contributed by atoms with Gasteiger partial charge in [0, 0.05) is 5.33 Å². The minimum atomic E-state index is -0.633. The van der Waals surface area contributed by atoms with Crippen LogP contribution in [0.15, 0.2) is 0 Å². The average molecular weight is 340 g/mol. The minimum Gasteiger partial charge on any atom is -0.481 e. The Morgan fingerprint density at radius 2 is 2.13 bits per heavy atom. The van der Waals surface area contributed by atoms with Gasteiger partial charge >= 0.3 is 5.97 Å². The topological polar surface area (TPSA) is 37.3 Å². The summed E-state index contributed by atoms with van der Waals surface area (Å²) in [6.45, 7) is 4.38. The fourth-order valence-corrected chi connectivity index (χ4v) is 5.74. The summed E-state index contributed by atoms with van der Waals surface area (Å²) in [5.74, 6) is -0.0996. The Hall–Kier alpha value is 0.430. The van der Waals surface area contributed by atoms with Gasteiger partial charge in [0.1, 0.15) is 0 Å². The maximum Gasteiger partial charge on any atom is 0.311 e. The largest absolute Gasteiger partial charge is 0.481 e. The van der Waals surface area contributed by atoms with Gasteiger partial charge in [0.25, 0.3) is 0 Å². The Balaban J connectivity index is 2.54. The van der Waals surface area contributed by atoms with E-state index in [9.17, 15) is 9.90 Å². The third-order valence-electron chi connectivity index (χ3n) is 4.91. The van der Waals surface area contributed by atoms with Crippen LogP contribution in [-0.2, 0) is 4.79 Å². The van der Waals surface area contributed by atoms with E-state index in [2.05, 4.69) is 45.7 Å². The summed E-state index contributed by atoms with van der Waals surface area (Å²) in [7, 11) is 0. The van der Waals surface area contributed by atoms with Crippen LogP contribution in [0.3, 0.4) is 0 Å². The number of carbonyl (C=O) groups is 1. The highest BCUT2D eigenvalue weighted by Gasteiger charge is 2.72. The highest BCUT2D eigenvalue weighted by molar-refractivity contribution is 9.12. The molecule has 2 aliphatic rings. The molecule has 0 unspecified atom stereocenters. The predicted molar refractivity (Wildman–Crippen MR) is 66.6 cm³/mol. The van der Waals surface area contributed by atoms with E-state index in [0.717, 1.165) is 19.3 Å². The van der Waals surface area contributed by atoms with Crippen molar-refractivity contribution in [2.24, 2.45) is 16.7 Å². The van der Waals surface area contributed by atoms with Crippen molar-refractivity contribution in [1.82, 2.24) is 0 Å². The van der Waals surface area contributed by atoms with Gasteiger partial charge in [0.2, 0.25) is 0 Å². The van der Waals surface area contributed by atoms with Crippen LogP contribution in [0.25, 0.3) is 0 Å². The van der Waals surface area contributed by atoms with E-state index in [-0.39, 0.29) is 9.74 Å². The van der Waals surface area contributed by atoms with Gasteiger partial charge < -0.3 is 5.11 Å². The van der Waals surface area contributed by atoms with Crippen molar-refractivity contribution in [3.05, 3.63) is 0 Å². The normalized spacial score (nSPS) is 47.1. The molecule has 2 bridgehead atoms. The second-order valence-electron chi connectivity index (χ2n) is 5.48. The van der Waals surface area contributed by atoms with Crippen molar-refractivity contribution in [3.8, 4) is 0 Å². The number of fused-ring (bicyclic) bond motifs is 2. The molecular formula is C11H16Br2O2. The van der Waals surface area contributed by atoms with E-state index in [1.165, 1.54) is 0 Å². The molecule has 0 saturated heterocycles. The summed E-state index contributed by atoms with van der Waals surface area (Å²) in [6.07, 6.45) is 2.69. The third kappa shape index (κ3) is 1.13. The number of carboxylic acids is 1. The van der Waals surface area contributed by atoms with Gasteiger partial charge in [-0.1, -0.05) is 45.7 Å². The van der Waals surface area contributed by atoms with E-state index < -0.39 is 11.4 Å². The zero-order valence-electron chi connectivity index (χ0n) is 9.02. The summed E-state index contributed by atoms with van der Waals surface area (Å²) < 4.78 is -0.304. The fourth-order valence-electron chi connectivity index (χ4n) is 3.63. The fraction of sp³-hybridized carbons (Fsp3) is 0.909. The molecule has 0 aromatic heterocycles. The number of hydrogen-bond acceptors (Lipinski definition) is 1. The van der Waals surface area contributed by atoms with E-state index in [0.29, 0.717) is 11.2 Å². The van der Waals surface area contributed by atoms with Gasteiger partial charge in [-0.3, -0.25) is 4.79 Å².